The van der Waals surface area contributed by atoms with Crippen molar-refractivity contribution >= 4 is 17.8 Å². The second-order valence-corrected chi connectivity index (χ2v) is 7.61. The van der Waals surface area contributed by atoms with Gasteiger partial charge in [-0.2, -0.15) is 0 Å². The van der Waals surface area contributed by atoms with Crippen LogP contribution in [0, 0.1) is 0 Å². The Balaban J connectivity index is 1.71. The van der Waals surface area contributed by atoms with E-state index >= 15 is 0 Å². The number of carbonyl (C=O) groups is 3. The van der Waals surface area contributed by atoms with E-state index < -0.39 is 0 Å². The van der Waals surface area contributed by atoms with Gasteiger partial charge in [0.05, 0.1) is 72.6 Å². The minimum Gasteiger partial charge on any atom is -0.463 e. The second-order valence-electron chi connectivity index (χ2n) is 7.61. The van der Waals surface area contributed by atoms with Crippen molar-refractivity contribution in [3.05, 3.63) is 12.2 Å². The van der Waals surface area contributed by atoms with Crippen LogP contribution in [-0.4, -0.2) is 102 Å². The number of ether oxygens (including phenoxy) is 6. The SMILES string of the molecule is CCCCCCCC(=O)OCCOCCOCCOCCOCCOCCN1C(=O)C=CC1=O. The molecule has 0 atom stereocenters. The maximum Gasteiger partial charge on any atom is 0.305 e. The molecule has 0 spiro atoms. The molecule has 0 fully saturated rings. The van der Waals surface area contributed by atoms with E-state index in [1.165, 1.54) is 31.4 Å². The van der Waals surface area contributed by atoms with Crippen LogP contribution in [0.4, 0.5) is 0 Å². The van der Waals surface area contributed by atoms with Crippen molar-refractivity contribution in [1.82, 2.24) is 4.90 Å². The van der Waals surface area contributed by atoms with Gasteiger partial charge in [0.25, 0.3) is 11.8 Å². The van der Waals surface area contributed by atoms with E-state index in [1.54, 1.807) is 0 Å². The fraction of sp³-hybridized carbons (Fsp3) is 0.792. The summed E-state index contributed by atoms with van der Waals surface area (Å²) in [5.41, 5.74) is 0. The summed E-state index contributed by atoms with van der Waals surface area (Å²) in [5.74, 6) is -0.768. The van der Waals surface area contributed by atoms with Crippen LogP contribution in [0.25, 0.3) is 0 Å². The Kier molecular flexibility index (Phi) is 19.2. The fourth-order valence-electron chi connectivity index (χ4n) is 2.95. The normalized spacial score (nSPS) is 13.3. The molecule has 0 aromatic rings. The molecular formula is C24H41NO9. The molecule has 0 aliphatic carbocycles. The van der Waals surface area contributed by atoms with Crippen LogP contribution in [-0.2, 0) is 42.8 Å². The average molecular weight is 488 g/mol. The van der Waals surface area contributed by atoms with Crippen molar-refractivity contribution in [3.8, 4) is 0 Å². The lowest BCUT2D eigenvalue weighted by atomic mass is 10.1. The lowest BCUT2D eigenvalue weighted by molar-refractivity contribution is -0.145. The number of nitrogens with zero attached hydrogens (tertiary/aromatic N) is 1. The number of hydrogen-bond acceptors (Lipinski definition) is 9. The van der Waals surface area contributed by atoms with Crippen LogP contribution in [0.3, 0.4) is 0 Å². The molecule has 1 rings (SSSR count). The van der Waals surface area contributed by atoms with Gasteiger partial charge >= 0.3 is 5.97 Å². The van der Waals surface area contributed by atoms with Crippen molar-refractivity contribution in [2.45, 2.75) is 45.4 Å². The second kappa shape index (κ2) is 21.7. The highest BCUT2D eigenvalue weighted by molar-refractivity contribution is 6.12. The Morgan fingerprint density at radius 1 is 0.647 bits per heavy atom. The van der Waals surface area contributed by atoms with Crippen molar-refractivity contribution < 1.29 is 42.8 Å². The first-order chi connectivity index (χ1) is 16.6. The molecule has 10 nitrogen and oxygen atoms in total. The van der Waals surface area contributed by atoms with Crippen LogP contribution < -0.4 is 0 Å². The first-order valence-corrected chi connectivity index (χ1v) is 12.2. The third-order valence-corrected chi connectivity index (χ3v) is 4.82. The highest BCUT2D eigenvalue weighted by atomic mass is 16.6. The van der Waals surface area contributed by atoms with E-state index in [0.29, 0.717) is 65.9 Å². The van der Waals surface area contributed by atoms with Crippen molar-refractivity contribution in [1.29, 1.82) is 0 Å². The zero-order valence-electron chi connectivity index (χ0n) is 20.5. The van der Waals surface area contributed by atoms with Gasteiger partial charge in [0.1, 0.15) is 6.61 Å². The summed E-state index contributed by atoms with van der Waals surface area (Å²) in [7, 11) is 0. The smallest absolute Gasteiger partial charge is 0.305 e. The predicted molar refractivity (Wildman–Crippen MR) is 124 cm³/mol. The minimum atomic E-state index is -0.306. The highest BCUT2D eigenvalue weighted by Gasteiger charge is 2.22. The number of imide groups is 1. The van der Waals surface area contributed by atoms with Crippen LogP contribution in [0.15, 0.2) is 12.2 Å². The standard InChI is InChI=1S/C24H41NO9/c1-2-3-4-5-6-7-24(28)34-21-20-33-19-18-32-17-16-31-15-14-30-13-12-29-11-10-25-22(26)8-9-23(25)27/h8-9H,2-7,10-21H2,1H3. The molecule has 0 bridgehead atoms. The summed E-state index contributed by atoms with van der Waals surface area (Å²) >= 11 is 0. The van der Waals surface area contributed by atoms with Gasteiger partial charge in [-0.25, -0.2) is 0 Å². The summed E-state index contributed by atoms with van der Waals surface area (Å²) < 4.78 is 32.0. The van der Waals surface area contributed by atoms with Crippen molar-refractivity contribution in [3.63, 3.8) is 0 Å². The molecule has 0 aromatic carbocycles. The quantitative estimate of drug-likeness (QED) is 0.115. The van der Waals surface area contributed by atoms with E-state index in [2.05, 4.69) is 6.92 Å². The zero-order chi connectivity index (χ0) is 24.7. The highest BCUT2D eigenvalue weighted by Crippen LogP contribution is 2.05. The van der Waals surface area contributed by atoms with Gasteiger partial charge in [-0.3, -0.25) is 19.3 Å². The van der Waals surface area contributed by atoms with Crippen molar-refractivity contribution in [2.24, 2.45) is 0 Å². The van der Waals surface area contributed by atoms with Gasteiger partial charge in [-0.05, 0) is 6.42 Å². The minimum absolute atomic E-state index is 0.157. The van der Waals surface area contributed by atoms with Crippen LogP contribution in [0.5, 0.6) is 0 Å². The number of unbranched alkanes of at least 4 members (excludes halogenated alkanes) is 4. The molecule has 1 aliphatic rings. The molecule has 0 N–H and O–H groups in total. The number of hydrogen-bond donors (Lipinski definition) is 0. The molecular weight excluding hydrogens is 446 g/mol. The fourth-order valence-corrected chi connectivity index (χ4v) is 2.95. The lowest BCUT2D eigenvalue weighted by Crippen LogP contribution is -2.33. The van der Waals surface area contributed by atoms with E-state index in [-0.39, 0.29) is 37.5 Å². The maximum atomic E-state index is 11.5. The van der Waals surface area contributed by atoms with E-state index in [4.69, 9.17) is 28.4 Å². The summed E-state index contributed by atoms with van der Waals surface area (Å²) in [6.45, 7) is 6.83. The molecule has 0 aromatic heterocycles. The van der Waals surface area contributed by atoms with Gasteiger partial charge in [0, 0.05) is 18.6 Å². The monoisotopic (exact) mass is 487 g/mol. The molecule has 10 heteroatoms. The molecule has 196 valence electrons. The third kappa shape index (κ3) is 16.7. The molecule has 34 heavy (non-hydrogen) atoms. The van der Waals surface area contributed by atoms with Crippen LogP contribution in [0.2, 0.25) is 0 Å². The lowest BCUT2D eigenvalue weighted by Gasteiger charge is -2.13. The molecule has 2 amide bonds. The molecule has 0 unspecified atom stereocenters. The number of rotatable bonds is 24. The predicted octanol–water partition coefficient (Wildman–Crippen LogP) is 1.90. The van der Waals surface area contributed by atoms with Gasteiger partial charge in [-0.15, -0.1) is 0 Å². The molecule has 1 heterocycles. The third-order valence-electron chi connectivity index (χ3n) is 4.82. The average Bonchev–Trinajstić information content (AvgIpc) is 3.15. The maximum absolute atomic E-state index is 11.5. The Morgan fingerprint density at radius 2 is 1.09 bits per heavy atom. The largest absolute Gasteiger partial charge is 0.463 e. The first kappa shape index (κ1) is 30.2. The summed E-state index contributed by atoms with van der Waals surface area (Å²) in [6.07, 6.45) is 8.55. The Labute approximate surface area is 202 Å². The van der Waals surface area contributed by atoms with Gasteiger partial charge < -0.3 is 28.4 Å². The number of esters is 1. The summed E-state index contributed by atoms with van der Waals surface area (Å²) in [4.78, 5) is 35.4. The Morgan fingerprint density at radius 3 is 1.59 bits per heavy atom. The molecule has 0 saturated heterocycles. The molecule has 1 aliphatic heterocycles. The Hall–Kier alpha value is -1.85. The first-order valence-electron chi connectivity index (χ1n) is 12.2. The van der Waals surface area contributed by atoms with Gasteiger partial charge in [-0.1, -0.05) is 32.6 Å². The van der Waals surface area contributed by atoms with Crippen molar-refractivity contribution in [2.75, 3.05) is 79.2 Å². The van der Waals surface area contributed by atoms with E-state index in [0.717, 1.165) is 17.7 Å². The molecule has 0 saturated carbocycles. The van der Waals surface area contributed by atoms with Gasteiger partial charge in [0.15, 0.2) is 0 Å². The zero-order valence-corrected chi connectivity index (χ0v) is 20.5. The topological polar surface area (TPSA) is 110 Å². The van der Waals surface area contributed by atoms with Gasteiger partial charge in [0.2, 0.25) is 0 Å². The van der Waals surface area contributed by atoms with Crippen LogP contribution in [0.1, 0.15) is 45.4 Å². The summed E-state index contributed by atoms with van der Waals surface area (Å²) in [6, 6.07) is 0. The van der Waals surface area contributed by atoms with E-state index in [1.807, 2.05) is 0 Å². The number of amides is 2. The summed E-state index contributed by atoms with van der Waals surface area (Å²) in [5, 5.41) is 0. The van der Waals surface area contributed by atoms with Crippen LogP contribution >= 0.6 is 0 Å². The Bertz CT molecular complexity index is 565. The van der Waals surface area contributed by atoms with E-state index in [9.17, 15) is 14.4 Å². The number of carbonyl (C=O) groups excluding carboxylic acids is 3. The molecule has 0 radical (unpaired) electrons.